The average molecular weight is 309 g/mol. The number of aryl methyl sites for hydroxylation is 2. The van der Waals surface area contributed by atoms with Crippen LogP contribution in [0.3, 0.4) is 0 Å². The molecule has 0 radical (unpaired) electrons. The summed E-state index contributed by atoms with van der Waals surface area (Å²) in [6.45, 7) is 6.29. The maximum atomic E-state index is 3.22. The van der Waals surface area contributed by atoms with Gasteiger partial charge in [-0.15, -0.1) is 6.42 Å². The molecule has 0 aromatic carbocycles. The Hall–Kier alpha value is 0.554. The van der Waals surface area contributed by atoms with E-state index in [1.54, 1.807) is 0 Å². The maximum Gasteiger partial charge on any atom is 4.00 e. The van der Waals surface area contributed by atoms with Crippen molar-refractivity contribution in [2.24, 2.45) is 0 Å². The minimum atomic E-state index is 0. The number of rotatable bonds is 0. The van der Waals surface area contributed by atoms with E-state index in [9.17, 15) is 0 Å². The van der Waals surface area contributed by atoms with E-state index >= 15 is 0 Å². The third-order valence-corrected chi connectivity index (χ3v) is 3.10. The summed E-state index contributed by atoms with van der Waals surface area (Å²) >= 11 is 0. The SMILES string of the molecule is CC1=[C-]CC=C1.Cc1[c-][pH]cc1C.[Cl-].[Cl-].[Ti+4]. The van der Waals surface area contributed by atoms with Gasteiger partial charge < -0.3 is 24.8 Å². The first-order chi connectivity index (χ1) is 6.20. The molecule has 1 heterocycles. The first-order valence-corrected chi connectivity index (χ1v) is 5.54. The summed E-state index contributed by atoms with van der Waals surface area (Å²) in [7, 11) is 0.820. The summed E-state index contributed by atoms with van der Waals surface area (Å²) in [6, 6.07) is 0. The van der Waals surface area contributed by atoms with Gasteiger partial charge in [-0.25, -0.2) is 11.6 Å². The van der Waals surface area contributed by atoms with Crippen LogP contribution in [-0.4, -0.2) is 0 Å². The molecule has 0 bridgehead atoms. The van der Waals surface area contributed by atoms with Crippen molar-refractivity contribution in [3.05, 3.63) is 46.5 Å². The second-order valence-electron chi connectivity index (χ2n) is 3.19. The largest absolute Gasteiger partial charge is 4.00 e. The fourth-order valence-corrected chi connectivity index (χ4v) is 1.89. The molecule has 1 aliphatic carbocycles. The molecule has 0 saturated heterocycles. The van der Waals surface area contributed by atoms with E-state index in [4.69, 9.17) is 0 Å². The van der Waals surface area contributed by atoms with Crippen molar-refractivity contribution < 1.29 is 46.5 Å². The molecule has 0 aliphatic heterocycles. The van der Waals surface area contributed by atoms with Crippen molar-refractivity contribution in [1.29, 1.82) is 0 Å². The molecular weight excluding hydrogens is 294 g/mol. The van der Waals surface area contributed by atoms with Gasteiger partial charge in [0.05, 0.1) is 0 Å². The molecule has 0 nitrogen and oxygen atoms in total. The Morgan fingerprint density at radius 1 is 1.19 bits per heavy atom. The van der Waals surface area contributed by atoms with Gasteiger partial charge in [-0.2, -0.15) is 28.8 Å². The van der Waals surface area contributed by atoms with E-state index in [1.807, 2.05) is 0 Å². The van der Waals surface area contributed by atoms with Crippen LogP contribution in [0, 0.1) is 25.7 Å². The van der Waals surface area contributed by atoms with Crippen LogP contribution < -0.4 is 24.8 Å². The zero-order chi connectivity index (χ0) is 9.68. The first kappa shape index (κ1) is 21.8. The predicted octanol–water partition coefficient (Wildman–Crippen LogP) is -2.16. The molecule has 0 fully saturated rings. The Balaban J connectivity index is -0.000000179. The summed E-state index contributed by atoms with van der Waals surface area (Å²) in [6.07, 6.45) is 8.33. The summed E-state index contributed by atoms with van der Waals surface area (Å²) in [4.78, 5) is 0. The van der Waals surface area contributed by atoms with Crippen molar-refractivity contribution in [1.82, 2.24) is 0 Å². The quantitative estimate of drug-likeness (QED) is 0.378. The van der Waals surface area contributed by atoms with Crippen LogP contribution in [-0.2, 0) is 21.7 Å². The molecule has 4 heteroatoms. The molecule has 0 spiro atoms. The molecule has 0 saturated carbocycles. The van der Waals surface area contributed by atoms with Gasteiger partial charge >= 0.3 is 21.7 Å². The van der Waals surface area contributed by atoms with E-state index in [-0.39, 0.29) is 46.5 Å². The van der Waals surface area contributed by atoms with E-state index in [0.717, 1.165) is 14.6 Å². The predicted molar refractivity (Wildman–Crippen MR) is 60.4 cm³/mol. The number of halogens is 2. The summed E-state index contributed by atoms with van der Waals surface area (Å²) in [5, 5.41) is 0. The molecule has 86 valence electrons. The monoisotopic (exact) mass is 308 g/mol. The van der Waals surface area contributed by atoms with Crippen LogP contribution in [0.15, 0.2) is 23.5 Å². The fourth-order valence-electron chi connectivity index (χ4n) is 0.974. The first-order valence-electron chi connectivity index (χ1n) is 4.46. The maximum absolute atomic E-state index is 3.22. The molecule has 1 atom stereocenters. The normalized spacial score (nSPS) is 11.6. The Labute approximate surface area is 128 Å². The minimum Gasteiger partial charge on any atom is -1.00 e. The van der Waals surface area contributed by atoms with Crippen LogP contribution in [0.5, 0.6) is 0 Å². The second kappa shape index (κ2) is 12.0. The van der Waals surface area contributed by atoms with Crippen molar-refractivity contribution in [3.8, 4) is 0 Å². The van der Waals surface area contributed by atoms with Crippen molar-refractivity contribution in [2.75, 3.05) is 0 Å². The van der Waals surface area contributed by atoms with Crippen LogP contribution in [0.4, 0.5) is 0 Å². The fraction of sp³-hybridized carbons (Fsp3) is 0.333. The zero-order valence-corrected chi connectivity index (χ0v) is 13.8. The molecule has 1 aromatic heterocycles. The van der Waals surface area contributed by atoms with Gasteiger partial charge in [-0.3, -0.25) is 14.3 Å². The van der Waals surface area contributed by atoms with E-state index < -0.39 is 0 Å². The average Bonchev–Trinajstić information content (AvgIpc) is 2.67. The van der Waals surface area contributed by atoms with Crippen LogP contribution in [0.25, 0.3) is 0 Å². The van der Waals surface area contributed by atoms with Gasteiger partial charge in [0.15, 0.2) is 0 Å². The van der Waals surface area contributed by atoms with Gasteiger partial charge in [0.25, 0.3) is 0 Å². The summed E-state index contributed by atoms with van der Waals surface area (Å²) in [5.41, 5.74) is 4.01. The number of hydrogen-bond acceptors (Lipinski definition) is 0. The standard InChI is InChI=1S/C6H8P.C6H7.2ClH.Ti/c1-5-3-7-4-6(5)2;1-6-4-2-3-5-6;;;/h3,7H,1-2H3;2,4H,3H2,1H3;2*1H;/q2*-1;;;+4/p-2. The van der Waals surface area contributed by atoms with Gasteiger partial charge in [0.1, 0.15) is 0 Å². The molecule has 16 heavy (non-hydrogen) atoms. The van der Waals surface area contributed by atoms with E-state index in [1.165, 1.54) is 16.7 Å². The molecule has 1 aliphatic rings. The molecule has 1 aromatic rings. The molecule has 0 N–H and O–H groups in total. The topological polar surface area (TPSA) is 0 Å². The Morgan fingerprint density at radius 2 is 1.81 bits per heavy atom. The van der Waals surface area contributed by atoms with Crippen molar-refractivity contribution in [3.63, 3.8) is 0 Å². The Kier molecular flexibility index (Phi) is 16.4. The number of hydrogen-bond donors (Lipinski definition) is 0. The third-order valence-electron chi connectivity index (χ3n) is 2.01. The summed E-state index contributed by atoms with van der Waals surface area (Å²) < 4.78 is 0. The smallest absolute Gasteiger partial charge is 1.00 e. The Morgan fingerprint density at radius 3 is 1.94 bits per heavy atom. The van der Waals surface area contributed by atoms with Crippen molar-refractivity contribution >= 4 is 8.19 Å². The third kappa shape index (κ3) is 8.68. The van der Waals surface area contributed by atoms with Crippen LogP contribution in [0.2, 0.25) is 0 Å². The van der Waals surface area contributed by atoms with Gasteiger partial charge in [0.2, 0.25) is 0 Å². The molecular formula is C12H15Cl2PTi. The zero-order valence-electron chi connectivity index (χ0n) is 9.70. The van der Waals surface area contributed by atoms with Crippen LogP contribution in [0.1, 0.15) is 24.5 Å². The molecule has 1 unspecified atom stereocenters. The molecule has 0 amide bonds. The van der Waals surface area contributed by atoms with Crippen molar-refractivity contribution in [2.45, 2.75) is 27.2 Å². The Bertz CT molecular complexity index is 310. The van der Waals surface area contributed by atoms with Gasteiger partial charge in [0, 0.05) is 0 Å². The number of allylic oxidation sites excluding steroid dienone is 4. The van der Waals surface area contributed by atoms with Gasteiger partial charge in [-0.1, -0.05) is 20.8 Å². The summed E-state index contributed by atoms with van der Waals surface area (Å²) in [5.74, 6) is 5.44. The van der Waals surface area contributed by atoms with Gasteiger partial charge in [-0.05, 0) is 0 Å². The van der Waals surface area contributed by atoms with E-state index in [0.29, 0.717) is 0 Å². The van der Waals surface area contributed by atoms with Crippen LogP contribution >= 0.6 is 8.19 Å². The minimum absolute atomic E-state index is 0. The second-order valence-corrected chi connectivity index (χ2v) is 4.02. The molecule has 2 rings (SSSR count). The van der Waals surface area contributed by atoms with E-state index in [2.05, 4.69) is 50.6 Å².